The number of ether oxygens (including phenoxy) is 3. The normalized spacial score (nSPS) is 18.4. The Kier molecular flexibility index (Phi) is 5.76. The van der Waals surface area contributed by atoms with Gasteiger partial charge < -0.3 is 19.5 Å². The topological polar surface area (TPSA) is 94.2 Å². The predicted molar refractivity (Wildman–Crippen MR) is 118 cm³/mol. The lowest BCUT2D eigenvalue weighted by Gasteiger charge is -2.38. The fourth-order valence-electron chi connectivity index (χ4n) is 4.75. The summed E-state index contributed by atoms with van der Waals surface area (Å²) in [5.41, 5.74) is 1.72. The van der Waals surface area contributed by atoms with E-state index >= 15 is 0 Å². The zero-order valence-electron chi connectivity index (χ0n) is 18.3. The van der Waals surface area contributed by atoms with Crippen LogP contribution in [-0.4, -0.2) is 55.7 Å². The van der Waals surface area contributed by atoms with Crippen LogP contribution in [0.25, 0.3) is 0 Å². The first-order valence-electron chi connectivity index (χ1n) is 11.3. The van der Waals surface area contributed by atoms with Gasteiger partial charge in [-0.25, -0.2) is 0 Å². The Balaban J connectivity index is 1.18. The number of hydrogen-bond acceptors (Lipinski definition) is 6. The fourth-order valence-corrected chi connectivity index (χ4v) is 4.75. The molecule has 0 spiro atoms. The number of nitrogens with one attached hydrogen (secondary N) is 1. The number of amides is 3. The zero-order valence-corrected chi connectivity index (χ0v) is 18.3. The Bertz CT molecular complexity index is 1060. The van der Waals surface area contributed by atoms with Crippen molar-refractivity contribution < 1.29 is 28.6 Å². The maximum absolute atomic E-state index is 12.6. The first-order valence-corrected chi connectivity index (χ1v) is 11.3. The highest BCUT2D eigenvalue weighted by atomic mass is 16.7. The van der Waals surface area contributed by atoms with Gasteiger partial charge in [0.05, 0.1) is 11.1 Å². The Morgan fingerprint density at radius 2 is 1.67 bits per heavy atom. The van der Waals surface area contributed by atoms with Gasteiger partial charge in [0.15, 0.2) is 11.5 Å². The van der Waals surface area contributed by atoms with Crippen LogP contribution in [0.1, 0.15) is 52.0 Å². The van der Waals surface area contributed by atoms with Crippen molar-refractivity contribution in [1.29, 1.82) is 0 Å². The van der Waals surface area contributed by atoms with Crippen molar-refractivity contribution in [3.8, 4) is 11.5 Å². The molecule has 1 fully saturated rings. The second kappa shape index (κ2) is 8.86. The number of rotatable bonds is 7. The Labute approximate surface area is 191 Å². The van der Waals surface area contributed by atoms with Crippen LogP contribution in [0.2, 0.25) is 0 Å². The number of hydrogen-bond donors (Lipinski definition) is 1. The van der Waals surface area contributed by atoms with Gasteiger partial charge >= 0.3 is 0 Å². The van der Waals surface area contributed by atoms with Gasteiger partial charge in [0.25, 0.3) is 11.8 Å². The Morgan fingerprint density at radius 1 is 0.970 bits per heavy atom. The number of imide groups is 1. The molecule has 0 unspecified atom stereocenters. The van der Waals surface area contributed by atoms with Crippen LogP contribution in [0.5, 0.6) is 11.5 Å². The van der Waals surface area contributed by atoms with Gasteiger partial charge in [0.2, 0.25) is 12.7 Å². The molecule has 8 heteroatoms. The third kappa shape index (κ3) is 4.06. The summed E-state index contributed by atoms with van der Waals surface area (Å²) in [5, 5.41) is 3.07. The van der Waals surface area contributed by atoms with E-state index in [1.807, 2.05) is 18.2 Å². The first kappa shape index (κ1) is 21.5. The number of carbonyl (C=O) groups excluding carboxylic acids is 3. The van der Waals surface area contributed by atoms with E-state index in [2.05, 4.69) is 5.32 Å². The van der Waals surface area contributed by atoms with E-state index in [0.717, 1.165) is 29.9 Å². The minimum atomic E-state index is -0.292. The summed E-state index contributed by atoms with van der Waals surface area (Å²) in [6.45, 7) is 2.19. The predicted octanol–water partition coefficient (Wildman–Crippen LogP) is 2.66. The van der Waals surface area contributed by atoms with Crippen molar-refractivity contribution >= 4 is 17.7 Å². The summed E-state index contributed by atoms with van der Waals surface area (Å²) in [7, 11) is 0. The fraction of sp³-hybridized carbons (Fsp3) is 0.400. The van der Waals surface area contributed by atoms with Crippen molar-refractivity contribution in [2.75, 3.05) is 33.1 Å². The van der Waals surface area contributed by atoms with E-state index in [1.165, 1.54) is 4.90 Å². The monoisotopic (exact) mass is 450 g/mol. The van der Waals surface area contributed by atoms with E-state index in [4.69, 9.17) is 14.2 Å². The van der Waals surface area contributed by atoms with Crippen LogP contribution in [0.3, 0.4) is 0 Å². The average Bonchev–Trinajstić information content (AvgIpc) is 3.42. The molecule has 5 rings (SSSR count). The van der Waals surface area contributed by atoms with Gasteiger partial charge in [-0.3, -0.25) is 19.3 Å². The van der Waals surface area contributed by atoms with Gasteiger partial charge in [-0.15, -0.1) is 0 Å². The SMILES string of the molecule is O=C(CCCN1C(=O)c2ccccc2C1=O)NCC1(c2ccc3c(c2)OCO3)CCOCC1. The third-order valence-corrected chi connectivity index (χ3v) is 6.72. The molecule has 1 saturated heterocycles. The second-order valence-corrected chi connectivity index (χ2v) is 8.65. The van der Waals surface area contributed by atoms with Gasteiger partial charge in [0.1, 0.15) is 0 Å². The van der Waals surface area contributed by atoms with Crippen LogP contribution < -0.4 is 14.8 Å². The molecule has 2 aromatic carbocycles. The highest BCUT2D eigenvalue weighted by Crippen LogP contribution is 2.40. The lowest BCUT2D eigenvalue weighted by atomic mass is 9.74. The molecule has 3 heterocycles. The second-order valence-electron chi connectivity index (χ2n) is 8.65. The van der Waals surface area contributed by atoms with E-state index in [0.29, 0.717) is 37.3 Å². The van der Waals surface area contributed by atoms with Crippen molar-refractivity contribution in [3.63, 3.8) is 0 Å². The van der Waals surface area contributed by atoms with Crippen molar-refractivity contribution in [1.82, 2.24) is 10.2 Å². The molecule has 3 aliphatic heterocycles. The number of nitrogens with zero attached hydrogens (tertiary/aromatic N) is 1. The highest BCUT2D eigenvalue weighted by Gasteiger charge is 2.37. The standard InChI is InChI=1S/C25H26N2O6/c28-22(6-3-11-27-23(29)18-4-1-2-5-19(18)24(27)30)26-15-25(9-12-31-13-10-25)17-7-8-20-21(14-17)33-16-32-20/h1-2,4-5,7-8,14H,3,6,9-13,15-16H2,(H,26,28). The number of benzene rings is 2. The van der Waals surface area contributed by atoms with Gasteiger partial charge in [0, 0.05) is 38.1 Å². The van der Waals surface area contributed by atoms with E-state index in [9.17, 15) is 14.4 Å². The van der Waals surface area contributed by atoms with Crippen LogP contribution >= 0.6 is 0 Å². The summed E-state index contributed by atoms with van der Waals surface area (Å²) >= 11 is 0. The van der Waals surface area contributed by atoms with Crippen LogP contribution in [-0.2, 0) is 14.9 Å². The van der Waals surface area contributed by atoms with Gasteiger partial charge in [-0.05, 0) is 49.1 Å². The Hall–Kier alpha value is -3.39. The molecule has 0 saturated carbocycles. The van der Waals surface area contributed by atoms with Crippen molar-refractivity contribution in [2.45, 2.75) is 31.1 Å². The van der Waals surface area contributed by atoms with E-state index in [1.54, 1.807) is 24.3 Å². The minimum Gasteiger partial charge on any atom is -0.454 e. The van der Waals surface area contributed by atoms with Crippen molar-refractivity contribution in [2.24, 2.45) is 0 Å². The summed E-state index contributed by atoms with van der Waals surface area (Å²) in [5.74, 6) is 0.780. The number of carbonyl (C=O) groups is 3. The minimum absolute atomic E-state index is 0.0989. The zero-order chi connectivity index (χ0) is 22.8. The molecule has 2 aromatic rings. The molecule has 3 amide bonds. The van der Waals surface area contributed by atoms with Crippen LogP contribution in [0, 0.1) is 0 Å². The molecule has 0 radical (unpaired) electrons. The molecular formula is C25H26N2O6. The molecule has 33 heavy (non-hydrogen) atoms. The molecule has 0 atom stereocenters. The molecule has 0 aromatic heterocycles. The largest absolute Gasteiger partial charge is 0.454 e. The smallest absolute Gasteiger partial charge is 0.261 e. The van der Waals surface area contributed by atoms with E-state index in [-0.39, 0.29) is 42.9 Å². The molecule has 0 bridgehead atoms. The molecule has 172 valence electrons. The molecule has 0 aliphatic carbocycles. The van der Waals surface area contributed by atoms with Crippen LogP contribution in [0.4, 0.5) is 0 Å². The first-order chi connectivity index (χ1) is 16.1. The third-order valence-electron chi connectivity index (χ3n) is 6.72. The summed E-state index contributed by atoms with van der Waals surface area (Å²) in [4.78, 5) is 38.8. The number of fused-ring (bicyclic) bond motifs is 2. The molecular weight excluding hydrogens is 424 g/mol. The molecule has 1 N–H and O–H groups in total. The lowest BCUT2D eigenvalue weighted by Crippen LogP contribution is -2.44. The highest BCUT2D eigenvalue weighted by molar-refractivity contribution is 6.21. The molecule has 8 nitrogen and oxygen atoms in total. The maximum Gasteiger partial charge on any atom is 0.261 e. The summed E-state index contributed by atoms with van der Waals surface area (Å²) < 4.78 is 16.5. The maximum atomic E-state index is 12.6. The van der Waals surface area contributed by atoms with E-state index < -0.39 is 0 Å². The van der Waals surface area contributed by atoms with Crippen LogP contribution in [0.15, 0.2) is 42.5 Å². The summed E-state index contributed by atoms with van der Waals surface area (Å²) in [6, 6.07) is 12.8. The summed E-state index contributed by atoms with van der Waals surface area (Å²) in [6.07, 6.45) is 2.24. The quantitative estimate of drug-likeness (QED) is 0.652. The molecule has 3 aliphatic rings. The average molecular weight is 450 g/mol. The van der Waals surface area contributed by atoms with Crippen molar-refractivity contribution in [3.05, 3.63) is 59.2 Å². The Morgan fingerprint density at radius 3 is 2.39 bits per heavy atom. The van der Waals surface area contributed by atoms with Gasteiger partial charge in [-0.1, -0.05) is 18.2 Å². The van der Waals surface area contributed by atoms with Gasteiger partial charge in [-0.2, -0.15) is 0 Å². The lowest BCUT2D eigenvalue weighted by molar-refractivity contribution is -0.121.